The molecule has 0 unspecified atom stereocenters. The van der Waals surface area contributed by atoms with Crippen LogP contribution in [-0.2, 0) is 9.53 Å². The number of nitrogens with zero attached hydrogens (tertiary/aromatic N) is 1. The minimum absolute atomic E-state index is 0.322. The van der Waals surface area contributed by atoms with Gasteiger partial charge in [-0.25, -0.2) is 9.78 Å². The van der Waals surface area contributed by atoms with Gasteiger partial charge in [0.15, 0.2) is 11.7 Å². The van der Waals surface area contributed by atoms with Crippen LogP contribution >= 0.6 is 22.9 Å². The highest BCUT2D eigenvalue weighted by atomic mass is 35.5. The number of aromatic nitrogens is 1. The molecule has 8 heteroatoms. The van der Waals surface area contributed by atoms with Crippen molar-refractivity contribution < 1.29 is 14.3 Å². The molecule has 1 aromatic heterocycles. The number of esters is 1. The molecule has 0 radical (unpaired) electrons. The second-order valence-corrected chi connectivity index (χ2v) is 6.53. The van der Waals surface area contributed by atoms with Gasteiger partial charge in [-0.2, -0.15) is 0 Å². The summed E-state index contributed by atoms with van der Waals surface area (Å²) in [7, 11) is 0. The molecule has 0 saturated carbocycles. The molecule has 3 aromatic rings. The Morgan fingerprint density at radius 3 is 2.62 bits per heavy atom. The number of nitrogen functional groups attached to an aromatic ring is 1. The smallest absolute Gasteiger partial charge is 0.338 e. The molecule has 6 nitrogen and oxygen atoms in total. The fourth-order valence-corrected chi connectivity index (χ4v) is 3.07. The van der Waals surface area contributed by atoms with Crippen molar-refractivity contribution >= 4 is 45.6 Å². The summed E-state index contributed by atoms with van der Waals surface area (Å²) in [4.78, 5) is 28.1. The van der Waals surface area contributed by atoms with Crippen molar-refractivity contribution in [3.8, 4) is 11.3 Å². The van der Waals surface area contributed by atoms with E-state index in [0.29, 0.717) is 27.1 Å². The van der Waals surface area contributed by atoms with Crippen molar-refractivity contribution in [1.82, 2.24) is 4.98 Å². The Morgan fingerprint density at radius 2 is 1.88 bits per heavy atom. The fraction of sp³-hybridized carbons (Fsp3) is 0.0556. The van der Waals surface area contributed by atoms with E-state index in [0.717, 1.165) is 5.56 Å². The lowest BCUT2D eigenvalue weighted by molar-refractivity contribution is -0.119. The van der Waals surface area contributed by atoms with E-state index < -0.39 is 18.5 Å². The maximum atomic E-state index is 11.9. The first kappa shape index (κ1) is 17.9. The average molecular weight is 388 g/mol. The summed E-state index contributed by atoms with van der Waals surface area (Å²) in [6.45, 7) is -0.412. The summed E-state index contributed by atoms with van der Waals surface area (Å²) in [5, 5.41) is 5.36. The number of rotatable bonds is 5. The first-order valence-electron chi connectivity index (χ1n) is 7.56. The Morgan fingerprint density at radius 1 is 1.15 bits per heavy atom. The molecular weight excluding hydrogens is 374 g/mol. The topological polar surface area (TPSA) is 94.3 Å². The first-order chi connectivity index (χ1) is 12.5. The van der Waals surface area contributed by atoms with E-state index in [1.807, 2.05) is 18.2 Å². The molecule has 26 heavy (non-hydrogen) atoms. The number of carbonyl (C=O) groups excluding carboxylic acids is 2. The number of hydrogen-bond donors (Lipinski definition) is 2. The van der Waals surface area contributed by atoms with Crippen LogP contribution in [0.1, 0.15) is 10.4 Å². The zero-order valence-electron chi connectivity index (χ0n) is 13.4. The number of hydrogen-bond acceptors (Lipinski definition) is 6. The van der Waals surface area contributed by atoms with Gasteiger partial charge >= 0.3 is 5.97 Å². The SMILES string of the molecule is Nc1ccc(C(=O)OCC(=O)Nc2nc(-c3ccccc3Cl)cs2)cc1. The van der Waals surface area contributed by atoms with Gasteiger partial charge in [0, 0.05) is 21.7 Å². The van der Waals surface area contributed by atoms with Crippen LogP contribution in [-0.4, -0.2) is 23.5 Å². The van der Waals surface area contributed by atoms with Crippen LogP contribution in [0.3, 0.4) is 0 Å². The molecular formula is C18H14ClN3O3S. The predicted molar refractivity (Wildman–Crippen MR) is 102 cm³/mol. The number of halogens is 1. The van der Waals surface area contributed by atoms with E-state index in [1.54, 1.807) is 23.6 Å². The van der Waals surface area contributed by atoms with Gasteiger partial charge < -0.3 is 10.5 Å². The van der Waals surface area contributed by atoms with Crippen molar-refractivity contribution in [2.75, 3.05) is 17.7 Å². The molecule has 0 aliphatic carbocycles. The van der Waals surface area contributed by atoms with Crippen LogP contribution in [0, 0.1) is 0 Å². The lowest BCUT2D eigenvalue weighted by Crippen LogP contribution is -2.20. The van der Waals surface area contributed by atoms with Gasteiger partial charge in [0.25, 0.3) is 5.91 Å². The van der Waals surface area contributed by atoms with Crippen LogP contribution in [0.15, 0.2) is 53.9 Å². The molecule has 3 N–H and O–H groups in total. The largest absolute Gasteiger partial charge is 0.452 e. The number of anilines is 2. The Kier molecular flexibility index (Phi) is 5.50. The molecule has 0 saturated heterocycles. The minimum Gasteiger partial charge on any atom is -0.452 e. The number of benzene rings is 2. The third-order valence-electron chi connectivity index (χ3n) is 3.38. The summed E-state index contributed by atoms with van der Waals surface area (Å²) in [6, 6.07) is 13.5. The summed E-state index contributed by atoms with van der Waals surface area (Å²) in [5.41, 5.74) is 7.86. The molecule has 1 heterocycles. The van der Waals surface area contributed by atoms with Crippen LogP contribution in [0.2, 0.25) is 5.02 Å². The molecule has 0 bridgehead atoms. The first-order valence-corrected chi connectivity index (χ1v) is 8.81. The number of carbonyl (C=O) groups is 2. The standard InChI is InChI=1S/C18H14ClN3O3S/c19-14-4-2-1-3-13(14)15-10-26-18(21-15)22-16(23)9-25-17(24)11-5-7-12(20)8-6-11/h1-8,10H,9,20H2,(H,21,22,23). The number of nitrogens with one attached hydrogen (secondary N) is 1. The van der Waals surface area contributed by atoms with E-state index >= 15 is 0 Å². The molecule has 0 spiro atoms. The minimum atomic E-state index is -0.601. The van der Waals surface area contributed by atoms with E-state index in [-0.39, 0.29) is 0 Å². The van der Waals surface area contributed by atoms with Crippen LogP contribution in [0.4, 0.5) is 10.8 Å². The summed E-state index contributed by atoms with van der Waals surface area (Å²) < 4.78 is 4.98. The van der Waals surface area contributed by atoms with Crippen LogP contribution in [0.25, 0.3) is 11.3 Å². The number of thiazole rings is 1. The van der Waals surface area contributed by atoms with Crippen molar-refractivity contribution in [2.45, 2.75) is 0 Å². The zero-order chi connectivity index (χ0) is 18.5. The third kappa shape index (κ3) is 4.38. The van der Waals surface area contributed by atoms with Gasteiger partial charge in [-0.15, -0.1) is 11.3 Å². The van der Waals surface area contributed by atoms with Gasteiger partial charge in [0.1, 0.15) is 0 Å². The lowest BCUT2D eigenvalue weighted by Gasteiger charge is -2.05. The Balaban J connectivity index is 1.56. The molecule has 0 fully saturated rings. The highest BCUT2D eigenvalue weighted by molar-refractivity contribution is 7.14. The predicted octanol–water partition coefficient (Wildman–Crippen LogP) is 3.84. The van der Waals surface area contributed by atoms with Gasteiger partial charge in [-0.1, -0.05) is 29.8 Å². The summed E-state index contributed by atoms with van der Waals surface area (Å²) in [6.07, 6.45) is 0. The Labute approximate surface area is 158 Å². The third-order valence-corrected chi connectivity index (χ3v) is 4.47. The maximum absolute atomic E-state index is 11.9. The normalized spacial score (nSPS) is 10.3. The van der Waals surface area contributed by atoms with E-state index in [9.17, 15) is 9.59 Å². The molecule has 1 amide bonds. The van der Waals surface area contributed by atoms with E-state index in [1.165, 1.54) is 23.5 Å². The number of amides is 1. The van der Waals surface area contributed by atoms with Crippen molar-refractivity contribution in [3.63, 3.8) is 0 Å². The lowest BCUT2D eigenvalue weighted by atomic mass is 10.2. The quantitative estimate of drug-likeness (QED) is 0.512. The fourth-order valence-electron chi connectivity index (χ4n) is 2.11. The van der Waals surface area contributed by atoms with Gasteiger partial charge in [0.2, 0.25) is 0 Å². The maximum Gasteiger partial charge on any atom is 0.338 e. The zero-order valence-corrected chi connectivity index (χ0v) is 15.0. The van der Waals surface area contributed by atoms with Crippen molar-refractivity contribution in [3.05, 3.63) is 64.5 Å². The Hall–Kier alpha value is -2.90. The number of nitrogens with two attached hydrogens (primary N) is 1. The highest BCUT2D eigenvalue weighted by Crippen LogP contribution is 2.30. The van der Waals surface area contributed by atoms with E-state index in [2.05, 4.69) is 10.3 Å². The van der Waals surface area contributed by atoms with Crippen LogP contribution in [0.5, 0.6) is 0 Å². The van der Waals surface area contributed by atoms with Crippen LogP contribution < -0.4 is 11.1 Å². The van der Waals surface area contributed by atoms with Gasteiger partial charge in [0.05, 0.1) is 11.3 Å². The summed E-state index contributed by atoms with van der Waals surface area (Å²) >= 11 is 7.40. The van der Waals surface area contributed by atoms with Gasteiger partial charge in [-0.05, 0) is 30.3 Å². The molecule has 2 aromatic carbocycles. The molecule has 3 rings (SSSR count). The number of ether oxygens (including phenoxy) is 1. The second kappa shape index (κ2) is 7.99. The average Bonchev–Trinajstić information content (AvgIpc) is 3.09. The molecule has 132 valence electrons. The molecule has 0 atom stereocenters. The Bertz CT molecular complexity index is 941. The highest BCUT2D eigenvalue weighted by Gasteiger charge is 2.13. The monoisotopic (exact) mass is 387 g/mol. The van der Waals surface area contributed by atoms with Gasteiger partial charge in [-0.3, -0.25) is 10.1 Å². The second-order valence-electron chi connectivity index (χ2n) is 5.26. The summed E-state index contributed by atoms with van der Waals surface area (Å²) in [5.74, 6) is -1.08. The van der Waals surface area contributed by atoms with E-state index in [4.69, 9.17) is 22.1 Å². The molecule has 0 aliphatic heterocycles. The molecule has 0 aliphatic rings. The van der Waals surface area contributed by atoms with Crippen molar-refractivity contribution in [1.29, 1.82) is 0 Å². The van der Waals surface area contributed by atoms with Crippen molar-refractivity contribution in [2.24, 2.45) is 0 Å².